The number of aromatic nitrogens is 6. The van der Waals surface area contributed by atoms with Gasteiger partial charge in [-0.2, -0.15) is 4.98 Å². The number of aryl methyl sites for hydroxylation is 1. The van der Waals surface area contributed by atoms with Crippen molar-refractivity contribution in [3.63, 3.8) is 0 Å². The second kappa shape index (κ2) is 16.0. The van der Waals surface area contributed by atoms with Gasteiger partial charge in [-0.05, 0) is 99.4 Å². The number of pyridine rings is 2. The van der Waals surface area contributed by atoms with Gasteiger partial charge in [0, 0.05) is 62.3 Å². The van der Waals surface area contributed by atoms with Crippen molar-refractivity contribution in [3.05, 3.63) is 101 Å². The fourth-order valence-electron chi connectivity index (χ4n) is 9.21. The number of carbonyl (C=O) groups is 2. The van der Waals surface area contributed by atoms with Crippen LogP contribution in [0.15, 0.2) is 78.4 Å². The number of hydrogen-bond donors (Lipinski definition) is 4. The van der Waals surface area contributed by atoms with Crippen LogP contribution in [0.4, 0.5) is 23.0 Å². The van der Waals surface area contributed by atoms with Gasteiger partial charge in [-0.25, -0.2) is 19.3 Å². The van der Waals surface area contributed by atoms with Gasteiger partial charge in [0.15, 0.2) is 11.5 Å². The lowest BCUT2D eigenvalue weighted by molar-refractivity contribution is -0.134. The number of piperidine rings is 3. The van der Waals surface area contributed by atoms with Gasteiger partial charge < -0.3 is 25.5 Å². The third-order valence-electron chi connectivity index (χ3n) is 12.7. The molecule has 0 bridgehead atoms. The minimum absolute atomic E-state index is 0.211. The molecule has 15 heteroatoms. The second-order valence-electron chi connectivity index (χ2n) is 16.3. The van der Waals surface area contributed by atoms with E-state index < -0.39 is 5.60 Å². The lowest BCUT2D eigenvalue weighted by atomic mass is 9.94. The van der Waals surface area contributed by atoms with Crippen LogP contribution in [0.1, 0.15) is 81.2 Å². The Morgan fingerprint density at radius 2 is 1.58 bits per heavy atom. The summed E-state index contributed by atoms with van der Waals surface area (Å²) in [7, 11) is 0. The number of amides is 2. The van der Waals surface area contributed by atoms with Crippen LogP contribution in [0.25, 0.3) is 16.9 Å². The van der Waals surface area contributed by atoms with Crippen molar-refractivity contribution in [2.75, 3.05) is 41.3 Å². The summed E-state index contributed by atoms with van der Waals surface area (Å²) < 4.78 is 3.26. The number of fused-ring (bicyclic) bond motifs is 2. The fraction of sp³-hybridized carbons (Fsp3) is 0.432. The monoisotopic (exact) mass is 797 g/mol. The van der Waals surface area contributed by atoms with Gasteiger partial charge in [0.25, 0.3) is 5.56 Å². The number of hydrogen-bond acceptors (Lipinski definition) is 12. The maximum absolute atomic E-state index is 13.5. The average molecular weight is 798 g/mol. The molecule has 1 aliphatic carbocycles. The molecule has 1 unspecified atom stereocenters. The Morgan fingerprint density at radius 1 is 0.864 bits per heavy atom. The van der Waals surface area contributed by atoms with Crippen molar-refractivity contribution >= 4 is 45.9 Å². The number of imide groups is 1. The lowest BCUT2D eigenvalue weighted by Crippen LogP contribution is -2.50. The molecule has 9 rings (SSSR count). The van der Waals surface area contributed by atoms with E-state index >= 15 is 0 Å². The van der Waals surface area contributed by atoms with Crippen LogP contribution in [0, 0.1) is 0 Å². The van der Waals surface area contributed by atoms with Crippen molar-refractivity contribution in [1.29, 1.82) is 0 Å². The molecule has 0 saturated carbocycles. The summed E-state index contributed by atoms with van der Waals surface area (Å²) in [5.41, 5.74) is 4.68. The topological polar surface area (TPSA) is 175 Å². The van der Waals surface area contributed by atoms with Gasteiger partial charge in [-0.1, -0.05) is 19.1 Å². The Bertz CT molecular complexity index is 2430. The predicted octanol–water partition coefficient (Wildman–Crippen LogP) is 4.59. The first kappa shape index (κ1) is 38.6. The van der Waals surface area contributed by atoms with Crippen LogP contribution in [0.5, 0.6) is 0 Å². The fourth-order valence-corrected chi connectivity index (χ4v) is 9.21. The van der Waals surface area contributed by atoms with E-state index in [1.165, 1.54) is 5.69 Å². The van der Waals surface area contributed by atoms with Gasteiger partial charge in [0.1, 0.15) is 11.0 Å². The zero-order valence-corrected chi connectivity index (χ0v) is 33.4. The van der Waals surface area contributed by atoms with Gasteiger partial charge >= 0.3 is 0 Å². The highest BCUT2D eigenvalue weighted by Gasteiger charge is 2.37. The molecule has 2 amide bonds. The number of nitrogens with zero attached hydrogens (tertiary/aromatic N) is 8. The predicted molar refractivity (Wildman–Crippen MR) is 226 cm³/mol. The molecule has 3 aliphatic heterocycles. The maximum atomic E-state index is 13.5. The van der Waals surface area contributed by atoms with E-state index in [0.29, 0.717) is 66.3 Å². The summed E-state index contributed by atoms with van der Waals surface area (Å²) >= 11 is 0. The molecule has 2 atom stereocenters. The summed E-state index contributed by atoms with van der Waals surface area (Å²) in [6.45, 7) is 9.93. The quantitative estimate of drug-likeness (QED) is 0.108. The highest BCUT2D eigenvalue weighted by Crippen LogP contribution is 2.38. The maximum Gasteiger partial charge on any atom is 0.278 e. The Labute approximate surface area is 342 Å². The van der Waals surface area contributed by atoms with Crippen molar-refractivity contribution in [2.24, 2.45) is 0 Å². The van der Waals surface area contributed by atoms with Crippen LogP contribution in [0.3, 0.4) is 0 Å². The van der Waals surface area contributed by atoms with E-state index in [9.17, 15) is 19.5 Å². The summed E-state index contributed by atoms with van der Waals surface area (Å²) in [6, 6.07) is 17.1. The Kier molecular flexibility index (Phi) is 10.5. The number of rotatable bonds is 11. The first-order valence-electron chi connectivity index (χ1n) is 20.9. The van der Waals surface area contributed by atoms with Gasteiger partial charge in [-0.3, -0.25) is 24.7 Å². The van der Waals surface area contributed by atoms with Gasteiger partial charge in [-0.15, -0.1) is 6.58 Å². The highest BCUT2D eigenvalue weighted by atomic mass is 16.3. The number of benzene rings is 1. The number of nitrogens with one attached hydrogen (secondary N) is 3. The Hall–Kier alpha value is -5.93. The minimum Gasteiger partial charge on any atom is -0.384 e. The lowest BCUT2D eigenvalue weighted by Gasteiger charge is -2.39. The summed E-state index contributed by atoms with van der Waals surface area (Å²) in [4.78, 5) is 60.9. The van der Waals surface area contributed by atoms with E-state index in [1.54, 1.807) is 21.6 Å². The molecule has 3 saturated heterocycles. The van der Waals surface area contributed by atoms with Crippen molar-refractivity contribution in [2.45, 2.75) is 94.9 Å². The molecule has 59 heavy (non-hydrogen) atoms. The van der Waals surface area contributed by atoms with Crippen LogP contribution in [0.2, 0.25) is 0 Å². The zero-order valence-electron chi connectivity index (χ0n) is 33.4. The molecule has 5 aromatic rings. The van der Waals surface area contributed by atoms with Crippen LogP contribution in [-0.4, -0.2) is 84.5 Å². The van der Waals surface area contributed by atoms with Crippen molar-refractivity contribution < 1.29 is 14.7 Å². The molecule has 1 aromatic carbocycles. The molecular formula is C44H51N11O4. The second-order valence-corrected chi connectivity index (χ2v) is 16.3. The molecule has 0 spiro atoms. The SMILES string of the molecule is C=CCn1c(=O)c2cnc(Nc3ccc(N4CCC(NC5CCN(c6ccc(C7CCC(=O)NC7=O)nc6)CC5)CC4)cc3)nc2n1-c1ccc2c(n1)[C@@](O)(CC)CC2. The highest BCUT2D eigenvalue weighted by molar-refractivity contribution is 6.00. The molecule has 3 fully saturated rings. The van der Waals surface area contributed by atoms with Crippen molar-refractivity contribution in [3.8, 4) is 5.82 Å². The molecule has 4 aromatic heterocycles. The summed E-state index contributed by atoms with van der Waals surface area (Å²) in [6.07, 6.45) is 12.2. The Balaban J connectivity index is 0.793. The smallest absolute Gasteiger partial charge is 0.278 e. The summed E-state index contributed by atoms with van der Waals surface area (Å²) in [5.74, 6) is 0.0420. The van der Waals surface area contributed by atoms with Gasteiger partial charge in [0.05, 0.1) is 35.7 Å². The molecule has 7 heterocycles. The summed E-state index contributed by atoms with van der Waals surface area (Å²) in [5, 5.41) is 21.3. The number of allylic oxidation sites excluding steroid dienone is 1. The molecule has 4 N–H and O–H groups in total. The number of carbonyl (C=O) groups excluding carboxylic acids is 2. The average Bonchev–Trinajstić information content (AvgIpc) is 3.74. The molecule has 306 valence electrons. The zero-order chi connectivity index (χ0) is 40.7. The normalized spacial score (nSPS) is 21.5. The first-order chi connectivity index (χ1) is 28.7. The van der Waals surface area contributed by atoms with E-state index in [1.807, 2.05) is 43.5 Å². The third kappa shape index (κ3) is 7.60. The van der Waals surface area contributed by atoms with Crippen LogP contribution in [-0.2, 0) is 28.2 Å². The standard InChI is InChI=1S/C44H51N11O4/c1-3-21-54-42(58)35-27-46-43(51-40(35)55(54)37-13-5-28-15-20-44(59,4-2)39(28)49-37)48-29-6-8-32(9-7-29)52-22-16-30(17-23-52)47-31-18-24-53(25-19-31)33-10-12-36(45-26-33)34-11-14-38(56)50-41(34)57/h3,5-10,12-13,26-27,30-31,34,47,59H,1,4,11,14-25H2,2H3,(H,46,48,51)(H,50,56,57)/t34?,44-/m1/s1. The molecule has 0 radical (unpaired) electrons. The first-order valence-corrected chi connectivity index (χ1v) is 20.9. The minimum atomic E-state index is -0.990. The van der Waals surface area contributed by atoms with E-state index in [2.05, 4.69) is 60.5 Å². The van der Waals surface area contributed by atoms with E-state index in [4.69, 9.17) is 9.97 Å². The van der Waals surface area contributed by atoms with E-state index in [0.717, 1.165) is 80.9 Å². The number of aliphatic hydroxyl groups is 1. The third-order valence-corrected chi connectivity index (χ3v) is 12.7. The van der Waals surface area contributed by atoms with Gasteiger partial charge in [0.2, 0.25) is 17.8 Å². The van der Waals surface area contributed by atoms with Crippen molar-refractivity contribution in [1.82, 2.24) is 39.9 Å². The number of anilines is 4. The van der Waals surface area contributed by atoms with Crippen LogP contribution >= 0.6 is 0 Å². The Morgan fingerprint density at radius 3 is 2.24 bits per heavy atom. The van der Waals surface area contributed by atoms with E-state index in [-0.39, 0.29) is 29.8 Å². The molecular weight excluding hydrogens is 747 g/mol. The largest absolute Gasteiger partial charge is 0.384 e. The molecule has 4 aliphatic rings. The van der Waals surface area contributed by atoms with Crippen LogP contribution < -0.4 is 31.3 Å². The molecule has 15 nitrogen and oxygen atoms in total.